The van der Waals surface area contributed by atoms with Crippen molar-refractivity contribution in [3.8, 4) is 11.5 Å². The van der Waals surface area contributed by atoms with Crippen LogP contribution in [0.15, 0.2) is 42.6 Å². The Balaban J connectivity index is 1.47. The minimum atomic E-state index is -0.716. The summed E-state index contributed by atoms with van der Waals surface area (Å²) in [5, 5.41) is 13.2. The topological polar surface area (TPSA) is 124 Å². The Morgan fingerprint density at radius 2 is 1.78 bits per heavy atom. The number of esters is 2. The van der Waals surface area contributed by atoms with Crippen LogP contribution in [0, 0.1) is 29.6 Å². The van der Waals surface area contributed by atoms with E-state index in [2.05, 4.69) is 10.3 Å². The molecule has 9 nitrogen and oxygen atoms in total. The van der Waals surface area contributed by atoms with Gasteiger partial charge in [0.05, 0.1) is 32.2 Å². The largest absolute Gasteiger partial charge is 0.503 e. The first kappa shape index (κ1) is 26.4. The van der Waals surface area contributed by atoms with Crippen molar-refractivity contribution in [3.63, 3.8) is 0 Å². The molecule has 37 heavy (non-hydrogen) atoms. The summed E-state index contributed by atoms with van der Waals surface area (Å²) in [7, 11) is 1.39. The van der Waals surface area contributed by atoms with E-state index in [9.17, 15) is 19.5 Å². The lowest BCUT2D eigenvalue weighted by Crippen LogP contribution is -2.48. The number of methoxy groups -OCH3 is 1. The summed E-state index contributed by atoms with van der Waals surface area (Å²) in [6.07, 6.45) is 3.07. The van der Waals surface area contributed by atoms with Crippen molar-refractivity contribution in [1.82, 2.24) is 10.3 Å². The number of carbonyl (C=O) groups is 3. The number of fused-ring (bicyclic) bond motifs is 2. The molecule has 2 fully saturated rings. The van der Waals surface area contributed by atoms with E-state index in [1.165, 1.54) is 19.4 Å². The van der Waals surface area contributed by atoms with Gasteiger partial charge in [-0.1, -0.05) is 44.2 Å². The number of aromatic hydroxyl groups is 1. The molecule has 2 N–H and O–H groups in total. The first-order chi connectivity index (χ1) is 17.8. The number of benzene rings is 1. The molecule has 1 aromatic carbocycles. The minimum Gasteiger partial charge on any atom is -0.503 e. The number of ether oxygens (including phenoxy) is 3. The maximum Gasteiger partial charge on any atom is 0.310 e. The molecule has 2 aliphatic rings. The number of carbonyl (C=O) groups excluding carboxylic acids is 3. The average molecular weight is 511 g/mol. The van der Waals surface area contributed by atoms with Gasteiger partial charge < -0.3 is 24.6 Å². The highest BCUT2D eigenvalue weighted by Gasteiger charge is 2.59. The Kier molecular flexibility index (Phi) is 8.31. The lowest BCUT2D eigenvalue weighted by Gasteiger charge is -2.33. The number of nitrogens with one attached hydrogen (secondary N) is 1. The molecular weight excluding hydrogens is 476 g/mol. The number of aromatic nitrogens is 1. The second-order valence-corrected chi connectivity index (χ2v) is 10.2. The van der Waals surface area contributed by atoms with Crippen LogP contribution in [-0.2, 0) is 25.5 Å². The lowest BCUT2D eigenvalue weighted by atomic mass is 9.76. The predicted octanol–water partition coefficient (Wildman–Crippen LogP) is 3.15. The molecule has 4 rings (SSSR count). The van der Waals surface area contributed by atoms with E-state index >= 15 is 0 Å². The third kappa shape index (κ3) is 5.87. The summed E-state index contributed by atoms with van der Waals surface area (Å²) >= 11 is 0. The van der Waals surface area contributed by atoms with Crippen LogP contribution in [-0.4, -0.2) is 54.3 Å². The van der Waals surface area contributed by atoms with E-state index in [1.54, 1.807) is 0 Å². The Labute approximate surface area is 216 Å². The van der Waals surface area contributed by atoms with Gasteiger partial charge in [0.25, 0.3) is 5.91 Å². The van der Waals surface area contributed by atoms with E-state index in [0.29, 0.717) is 19.3 Å². The molecular formula is C28H34N2O7. The molecule has 2 aliphatic carbocycles. The van der Waals surface area contributed by atoms with Crippen LogP contribution in [0.5, 0.6) is 11.5 Å². The molecule has 2 saturated carbocycles. The van der Waals surface area contributed by atoms with Crippen LogP contribution in [0.2, 0.25) is 0 Å². The fraction of sp³-hybridized carbons (Fsp3) is 0.500. The molecule has 0 saturated heterocycles. The Hall–Kier alpha value is -3.62. The fourth-order valence-electron chi connectivity index (χ4n) is 5.55. The molecule has 0 aliphatic heterocycles. The van der Waals surface area contributed by atoms with Gasteiger partial charge in [-0.3, -0.25) is 14.4 Å². The Morgan fingerprint density at radius 3 is 2.49 bits per heavy atom. The van der Waals surface area contributed by atoms with Gasteiger partial charge in [-0.2, -0.15) is 0 Å². The summed E-state index contributed by atoms with van der Waals surface area (Å²) in [5.74, 6) is -3.16. The van der Waals surface area contributed by atoms with Crippen molar-refractivity contribution in [2.45, 2.75) is 39.2 Å². The van der Waals surface area contributed by atoms with Crippen LogP contribution < -0.4 is 10.1 Å². The molecule has 9 heteroatoms. The maximum absolute atomic E-state index is 13.3. The summed E-state index contributed by atoms with van der Waals surface area (Å²) in [5.41, 5.74) is 0.892. The Bertz CT molecular complexity index is 1120. The van der Waals surface area contributed by atoms with Gasteiger partial charge in [0.15, 0.2) is 17.2 Å². The molecule has 198 valence electrons. The monoisotopic (exact) mass is 510 g/mol. The van der Waals surface area contributed by atoms with Crippen LogP contribution in [0.4, 0.5) is 0 Å². The molecule has 1 amide bonds. The quantitative estimate of drug-likeness (QED) is 0.467. The molecule has 1 heterocycles. The second kappa shape index (κ2) is 11.6. The SMILES string of the molecule is COc1ccnc(C(=O)NC2CC3CC2[C@@H](C(=O)OCCc2ccccc2)[C@H]3C(=O)OCC(C)C)c1O. The van der Waals surface area contributed by atoms with Gasteiger partial charge in [-0.05, 0) is 36.2 Å². The van der Waals surface area contributed by atoms with Crippen molar-refractivity contribution in [2.75, 3.05) is 20.3 Å². The Morgan fingerprint density at radius 1 is 1.05 bits per heavy atom. The van der Waals surface area contributed by atoms with Gasteiger partial charge >= 0.3 is 11.9 Å². The standard InChI is InChI=1S/C28H34N2O7/c1-16(2)15-37-27(33)22-18-13-19(23(22)28(34)36-12-10-17-7-5-4-6-8-17)20(14-18)30-26(32)24-25(31)21(35-3)9-11-29-24/h4-9,11,16,18-20,22-23,31H,10,12-15H2,1-3H3,(H,30,32)/t18?,19?,20?,22-,23+/m0/s1. The van der Waals surface area contributed by atoms with Gasteiger partial charge in [-0.15, -0.1) is 0 Å². The lowest BCUT2D eigenvalue weighted by molar-refractivity contribution is -0.164. The molecule has 2 aromatic rings. The zero-order chi connectivity index (χ0) is 26.5. The summed E-state index contributed by atoms with van der Waals surface area (Å²) in [4.78, 5) is 43.3. The number of amides is 1. The molecule has 5 atom stereocenters. The van der Waals surface area contributed by atoms with Crippen molar-refractivity contribution < 1.29 is 33.7 Å². The molecule has 1 aromatic heterocycles. The number of hydrogen-bond acceptors (Lipinski definition) is 8. The number of hydrogen-bond donors (Lipinski definition) is 2. The highest BCUT2D eigenvalue weighted by molar-refractivity contribution is 5.96. The van der Waals surface area contributed by atoms with Crippen molar-refractivity contribution in [1.29, 1.82) is 0 Å². The number of nitrogens with zero attached hydrogens (tertiary/aromatic N) is 1. The van der Waals surface area contributed by atoms with Crippen LogP contribution >= 0.6 is 0 Å². The van der Waals surface area contributed by atoms with Crippen molar-refractivity contribution >= 4 is 17.8 Å². The molecule has 0 spiro atoms. The van der Waals surface area contributed by atoms with E-state index in [0.717, 1.165) is 5.56 Å². The van der Waals surface area contributed by atoms with E-state index in [1.807, 2.05) is 44.2 Å². The highest BCUT2D eigenvalue weighted by Crippen LogP contribution is 2.53. The molecule has 0 radical (unpaired) electrons. The van der Waals surface area contributed by atoms with Gasteiger partial charge in [-0.25, -0.2) is 4.98 Å². The zero-order valence-corrected chi connectivity index (χ0v) is 21.4. The average Bonchev–Trinajstić information content (AvgIpc) is 3.46. The zero-order valence-electron chi connectivity index (χ0n) is 21.4. The highest BCUT2D eigenvalue weighted by atomic mass is 16.5. The maximum atomic E-state index is 13.3. The summed E-state index contributed by atoms with van der Waals surface area (Å²) in [6, 6.07) is 10.8. The van der Waals surface area contributed by atoms with Crippen molar-refractivity contribution in [2.24, 2.45) is 29.6 Å². The van der Waals surface area contributed by atoms with Gasteiger partial charge in [0.2, 0.25) is 0 Å². The predicted molar refractivity (Wildman–Crippen MR) is 134 cm³/mol. The van der Waals surface area contributed by atoms with Crippen molar-refractivity contribution in [3.05, 3.63) is 53.9 Å². The van der Waals surface area contributed by atoms with Crippen LogP contribution in [0.1, 0.15) is 42.7 Å². The molecule has 2 bridgehead atoms. The van der Waals surface area contributed by atoms with Crippen LogP contribution in [0.25, 0.3) is 0 Å². The smallest absolute Gasteiger partial charge is 0.310 e. The summed E-state index contributed by atoms with van der Waals surface area (Å²) < 4.78 is 16.2. The molecule has 3 unspecified atom stereocenters. The first-order valence-corrected chi connectivity index (χ1v) is 12.7. The fourth-order valence-corrected chi connectivity index (χ4v) is 5.55. The van der Waals surface area contributed by atoms with E-state index < -0.39 is 23.7 Å². The normalized spacial score (nSPS) is 24.1. The van der Waals surface area contributed by atoms with E-state index in [-0.39, 0.29) is 60.2 Å². The number of pyridine rings is 1. The second-order valence-electron chi connectivity index (χ2n) is 10.2. The van der Waals surface area contributed by atoms with Crippen LogP contribution in [0.3, 0.4) is 0 Å². The number of rotatable bonds is 10. The third-order valence-electron chi connectivity index (χ3n) is 7.22. The minimum absolute atomic E-state index is 0.117. The third-order valence-corrected chi connectivity index (χ3v) is 7.22. The summed E-state index contributed by atoms with van der Waals surface area (Å²) in [6.45, 7) is 4.39. The first-order valence-electron chi connectivity index (χ1n) is 12.7. The van der Waals surface area contributed by atoms with Gasteiger partial charge in [0.1, 0.15) is 0 Å². The van der Waals surface area contributed by atoms with E-state index in [4.69, 9.17) is 14.2 Å². The van der Waals surface area contributed by atoms with Gasteiger partial charge in [0, 0.05) is 24.7 Å².